The van der Waals surface area contributed by atoms with E-state index in [0.717, 1.165) is 44.1 Å². The molecule has 2 aromatic rings. The van der Waals surface area contributed by atoms with E-state index in [2.05, 4.69) is 27.5 Å². The fraction of sp³-hybridized carbons (Fsp3) is 0.600. The van der Waals surface area contributed by atoms with E-state index in [-0.39, 0.29) is 23.9 Å². The number of rotatable bonds is 3. The summed E-state index contributed by atoms with van der Waals surface area (Å²) in [4.78, 5) is 31.2. The molecule has 2 aromatic heterocycles. The van der Waals surface area contributed by atoms with Crippen molar-refractivity contribution in [2.75, 3.05) is 46.3 Å². The van der Waals surface area contributed by atoms with Crippen LogP contribution in [0.15, 0.2) is 18.3 Å². The van der Waals surface area contributed by atoms with E-state index in [9.17, 15) is 9.59 Å². The Hall–Kier alpha value is -2.68. The first kappa shape index (κ1) is 19.6. The lowest BCUT2D eigenvalue weighted by Crippen LogP contribution is -2.47. The highest BCUT2D eigenvalue weighted by Gasteiger charge is 2.31. The highest BCUT2D eigenvalue weighted by molar-refractivity contribution is 5.94. The van der Waals surface area contributed by atoms with Crippen molar-refractivity contribution >= 4 is 17.6 Å². The van der Waals surface area contributed by atoms with Crippen LogP contribution >= 0.6 is 0 Å². The number of hydrogen-bond acceptors (Lipinski definition) is 5. The molecule has 0 bridgehead atoms. The van der Waals surface area contributed by atoms with Crippen molar-refractivity contribution in [3.8, 4) is 0 Å². The van der Waals surface area contributed by atoms with E-state index < -0.39 is 0 Å². The zero-order valence-electron chi connectivity index (χ0n) is 17.3. The van der Waals surface area contributed by atoms with Crippen LogP contribution in [0.5, 0.6) is 0 Å². The lowest BCUT2D eigenvalue weighted by Gasteiger charge is -2.32. The normalized spacial score (nSPS) is 20.6. The number of nitrogens with zero attached hydrogens (tertiary/aromatic N) is 6. The number of pyridine rings is 1. The molecule has 29 heavy (non-hydrogen) atoms. The molecule has 0 spiro atoms. The summed E-state index contributed by atoms with van der Waals surface area (Å²) in [5.74, 6) is 0.966. The van der Waals surface area contributed by atoms with Crippen LogP contribution in [0.2, 0.25) is 0 Å². The standard InChI is InChI=1S/C20H29N7O2/c1-14(2)21-20(29)26-7-6-15(12-26)18-23-22-17-5-4-16(13-27(17)18)19(28)25-10-8-24(3)9-11-25/h4-5,13-15H,6-12H2,1-3H3,(H,21,29)/t15-/m1/s1. The minimum Gasteiger partial charge on any atom is -0.336 e. The number of hydrogen-bond donors (Lipinski definition) is 1. The fourth-order valence-corrected chi connectivity index (χ4v) is 4.00. The molecule has 0 radical (unpaired) electrons. The number of likely N-dealkylation sites (tertiary alicyclic amines) is 1. The van der Waals surface area contributed by atoms with Crippen molar-refractivity contribution in [2.24, 2.45) is 0 Å². The molecule has 1 atom stereocenters. The number of carbonyl (C=O) groups is 2. The predicted molar refractivity (Wildman–Crippen MR) is 109 cm³/mol. The monoisotopic (exact) mass is 399 g/mol. The first-order valence-electron chi connectivity index (χ1n) is 10.3. The Bertz CT molecular complexity index is 901. The Balaban J connectivity index is 1.52. The minimum absolute atomic E-state index is 0.0396. The van der Waals surface area contributed by atoms with E-state index in [1.165, 1.54) is 0 Å². The Morgan fingerprint density at radius 3 is 2.55 bits per heavy atom. The second-order valence-corrected chi connectivity index (χ2v) is 8.34. The maximum Gasteiger partial charge on any atom is 0.317 e. The van der Waals surface area contributed by atoms with Crippen LogP contribution in [0.3, 0.4) is 0 Å². The van der Waals surface area contributed by atoms with Gasteiger partial charge in [-0.15, -0.1) is 10.2 Å². The number of likely N-dealkylation sites (N-methyl/N-ethyl adjacent to an activating group) is 1. The van der Waals surface area contributed by atoms with Gasteiger partial charge in [0, 0.05) is 57.4 Å². The van der Waals surface area contributed by atoms with Crippen molar-refractivity contribution in [1.29, 1.82) is 0 Å². The number of aromatic nitrogens is 3. The molecule has 3 amide bonds. The fourth-order valence-electron chi connectivity index (χ4n) is 4.00. The Labute approximate surface area is 170 Å². The third-order valence-electron chi connectivity index (χ3n) is 5.72. The molecule has 0 aliphatic carbocycles. The molecule has 4 rings (SSSR count). The van der Waals surface area contributed by atoms with Gasteiger partial charge in [-0.3, -0.25) is 9.20 Å². The zero-order valence-corrected chi connectivity index (χ0v) is 17.3. The first-order chi connectivity index (χ1) is 13.9. The van der Waals surface area contributed by atoms with Crippen molar-refractivity contribution in [1.82, 2.24) is 34.6 Å². The van der Waals surface area contributed by atoms with E-state index >= 15 is 0 Å². The number of amides is 3. The molecule has 9 nitrogen and oxygen atoms in total. The van der Waals surface area contributed by atoms with Crippen molar-refractivity contribution in [3.05, 3.63) is 29.7 Å². The smallest absolute Gasteiger partial charge is 0.317 e. The summed E-state index contributed by atoms with van der Waals surface area (Å²) in [6, 6.07) is 3.74. The van der Waals surface area contributed by atoms with Gasteiger partial charge >= 0.3 is 6.03 Å². The second kappa shape index (κ2) is 7.98. The van der Waals surface area contributed by atoms with Crippen molar-refractivity contribution < 1.29 is 9.59 Å². The third kappa shape index (κ3) is 4.05. The third-order valence-corrected chi connectivity index (χ3v) is 5.72. The molecule has 2 aliphatic rings. The van der Waals surface area contributed by atoms with Crippen LogP contribution in [0, 0.1) is 0 Å². The Kier molecular flexibility index (Phi) is 5.40. The molecule has 4 heterocycles. The van der Waals surface area contributed by atoms with Gasteiger partial charge in [0.2, 0.25) is 0 Å². The van der Waals surface area contributed by atoms with E-state index in [0.29, 0.717) is 18.7 Å². The molecule has 1 N–H and O–H groups in total. The Morgan fingerprint density at radius 2 is 1.83 bits per heavy atom. The van der Waals surface area contributed by atoms with E-state index in [1.807, 2.05) is 46.4 Å². The molecule has 2 saturated heterocycles. The maximum atomic E-state index is 12.9. The molecule has 0 aromatic carbocycles. The molecule has 2 aliphatic heterocycles. The summed E-state index contributed by atoms with van der Waals surface area (Å²) in [5, 5.41) is 11.6. The maximum absolute atomic E-state index is 12.9. The van der Waals surface area contributed by atoms with Crippen LogP contribution in [0.1, 0.15) is 42.4 Å². The zero-order chi connectivity index (χ0) is 20.5. The van der Waals surface area contributed by atoms with Gasteiger partial charge in [-0.25, -0.2) is 4.79 Å². The molecule has 2 fully saturated rings. The average Bonchev–Trinajstić information content (AvgIpc) is 3.34. The summed E-state index contributed by atoms with van der Waals surface area (Å²) < 4.78 is 1.91. The highest BCUT2D eigenvalue weighted by atomic mass is 16.2. The number of fused-ring (bicyclic) bond motifs is 1. The highest BCUT2D eigenvalue weighted by Crippen LogP contribution is 2.26. The Morgan fingerprint density at radius 1 is 1.07 bits per heavy atom. The molecule has 0 unspecified atom stereocenters. The molecule has 156 valence electrons. The summed E-state index contributed by atoms with van der Waals surface area (Å²) in [6.45, 7) is 8.47. The summed E-state index contributed by atoms with van der Waals surface area (Å²) in [5.41, 5.74) is 1.37. The predicted octanol–water partition coefficient (Wildman–Crippen LogP) is 1.02. The van der Waals surface area contributed by atoms with Crippen LogP contribution in [0.25, 0.3) is 5.65 Å². The molecular weight excluding hydrogens is 370 g/mol. The minimum atomic E-state index is -0.0396. The molecular formula is C20H29N7O2. The van der Waals surface area contributed by atoms with Gasteiger partial charge in [-0.05, 0) is 39.4 Å². The molecule has 9 heteroatoms. The topological polar surface area (TPSA) is 86.1 Å². The summed E-state index contributed by atoms with van der Waals surface area (Å²) >= 11 is 0. The van der Waals surface area contributed by atoms with Gasteiger partial charge in [0.1, 0.15) is 5.82 Å². The number of urea groups is 1. The van der Waals surface area contributed by atoms with Gasteiger partial charge in [0.25, 0.3) is 5.91 Å². The first-order valence-corrected chi connectivity index (χ1v) is 10.3. The number of piperazine rings is 1. The molecule has 0 saturated carbocycles. The second-order valence-electron chi connectivity index (χ2n) is 8.34. The van der Waals surface area contributed by atoms with Gasteiger partial charge in [-0.2, -0.15) is 0 Å². The van der Waals surface area contributed by atoms with E-state index in [1.54, 1.807) is 0 Å². The number of carbonyl (C=O) groups excluding carboxylic acids is 2. The van der Waals surface area contributed by atoms with Crippen LogP contribution in [0.4, 0.5) is 4.79 Å². The lowest BCUT2D eigenvalue weighted by atomic mass is 10.1. The van der Waals surface area contributed by atoms with Gasteiger partial charge in [0.05, 0.1) is 5.56 Å². The summed E-state index contributed by atoms with van der Waals surface area (Å²) in [6.07, 6.45) is 2.69. The van der Waals surface area contributed by atoms with Crippen LogP contribution < -0.4 is 5.32 Å². The average molecular weight is 399 g/mol. The lowest BCUT2D eigenvalue weighted by molar-refractivity contribution is 0.0663. The van der Waals surface area contributed by atoms with Crippen molar-refractivity contribution in [2.45, 2.75) is 32.2 Å². The van der Waals surface area contributed by atoms with E-state index in [4.69, 9.17) is 0 Å². The van der Waals surface area contributed by atoms with Gasteiger partial charge in [0.15, 0.2) is 5.65 Å². The van der Waals surface area contributed by atoms with Gasteiger partial charge < -0.3 is 20.0 Å². The quantitative estimate of drug-likeness (QED) is 0.833. The summed E-state index contributed by atoms with van der Waals surface area (Å²) in [7, 11) is 2.07. The number of nitrogens with one attached hydrogen (secondary N) is 1. The van der Waals surface area contributed by atoms with Gasteiger partial charge in [-0.1, -0.05) is 0 Å². The van der Waals surface area contributed by atoms with Crippen molar-refractivity contribution in [3.63, 3.8) is 0 Å². The SMILES string of the molecule is CC(C)NC(=O)N1CC[C@@H](c2nnc3ccc(C(=O)N4CCN(C)CC4)cn23)C1. The van der Waals surface area contributed by atoms with Crippen LogP contribution in [-0.4, -0.2) is 93.6 Å². The largest absolute Gasteiger partial charge is 0.336 e. The van der Waals surface area contributed by atoms with Crippen LogP contribution in [-0.2, 0) is 0 Å².